The Hall–Kier alpha value is -1.68. The number of nitrogens with one attached hydrogen (secondary N) is 2. The van der Waals surface area contributed by atoms with Crippen molar-refractivity contribution in [2.24, 2.45) is 11.8 Å². The highest BCUT2D eigenvalue weighted by Gasteiger charge is 2.76. The van der Waals surface area contributed by atoms with Crippen molar-refractivity contribution < 1.29 is 24.2 Å². The first kappa shape index (κ1) is 24.4. The van der Waals surface area contributed by atoms with Crippen LogP contribution in [0.5, 0.6) is 0 Å². The molecule has 3 heterocycles. The number of ether oxygens (including phenoxy) is 1. The Morgan fingerprint density at radius 3 is 2.61 bits per heavy atom. The molecule has 180 valence electrons. The van der Waals surface area contributed by atoms with Crippen molar-refractivity contribution in [2.75, 3.05) is 18.5 Å². The summed E-state index contributed by atoms with van der Waals surface area (Å²) in [6.45, 7) is 4.02. The molecular weight excluding hydrogens is 514 g/mol. The van der Waals surface area contributed by atoms with Gasteiger partial charge in [-0.15, -0.1) is 0 Å². The predicted molar refractivity (Wildman–Crippen MR) is 127 cm³/mol. The standard InChI is InChI=1S/C23H29BrClN3O5/c1-3-9-26-20(30)16-17-22(32)28(14(4-2)11-29)19(23(17)10-15(24)18(16)33-23)21(31)27-13-7-5-12(25)6-8-13/h5-8,14-19,29H,3-4,9-11H2,1-2H3,(H,26,30)(H,27,31)/t14-,15?,16-,17-,18-,19?,23?/m0/s1. The summed E-state index contributed by atoms with van der Waals surface area (Å²) in [6, 6.07) is 5.16. The third-order valence-electron chi connectivity index (χ3n) is 7.01. The van der Waals surface area contributed by atoms with E-state index in [0.29, 0.717) is 30.1 Å². The second-order valence-electron chi connectivity index (χ2n) is 8.94. The lowest BCUT2D eigenvalue weighted by Gasteiger charge is -2.36. The monoisotopic (exact) mass is 541 g/mol. The zero-order valence-corrected chi connectivity index (χ0v) is 20.9. The van der Waals surface area contributed by atoms with Crippen LogP contribution in [-0.4, -0.2) is 69.5 Å². The number of likely N-dealkylation sites (tertiary alicyclic amines) is 1. The highest BCUT2D eigenvalue weighted by molar-refractivity contribution is 9.09. The van der Waals surface area contributed by atoms with E-state index in [2.05, 4.69) is 26.6 Å². The zero-order valence-electron chi connectivity index (χ0n) is 18.6. The molecule has 1 aromatic rings. The number of alkyl halides is 1. The van der Waals surface area contributed by atoms with Gasteiger partial charge in [0.2, 0.25) is 17.7 Å². The molecule has 1 spiro atoms. The number of anilines is 1. The van der Waals surface area contributed by atoms with Crippen LogP contribution in [0.2, 0.25) is 5.02 Å². The second kappa shape index (κ2) is 9.52. The van der Waals surface area contributed by atoms with Crippen LogP contribution in [0.15, 0.2) is 24.3 Å². The molecule has 3 aliphatic rings. The molecule has 3 unspecified atom stereocenters. The lowest BCUT2D eigenvalue weighted by Crippen LogP contribution is -2.56. The Bertz CT molecular complexity index is 927. The van der Waals surface area contributed by atoms with Crippen LogP contribution >= 0.6 is 27.5 Å². The summed E-state index contributed by atoms with van der Waals surface area (Å²) in [5, 5.41) is 16.3. The van der Waals surface area contributed by atoms with Gasteiger partial charge in [-0.25, -0.2) is 0 Å². The maximum Gasteiger partial charge on any atom is 0.250 e. The van der Waals surface area contributed by atoms with Gasteiger partial charge in [-0.3, -0.25) is 14.4 Å². The van der Waals surface area contributed by atoms with Crippen LogP contribution < -0.4 is 10.6 Å². The SMILES string of the molecule is CCCNC(=O)[C@H]1[C@H]2C(=O)N([C@@H](CC)CO)C(C(=O)Nc3ccc(Cl)cc3)C23CC(Br)[C@@H]1O3. The summed E-state index contributed by atoms with van der Waals surface area (Å²) in [7, 11) is 0. The summed E-state index contributed by atoms with van der Waals surface area (Å²) in [6.07, 6.45) is 1.15. The molecule has 0 saturated carbocycles. The highest BCUT2D eigenvalue weighted by Crippen LogP contribution is 2.60. The molecule has 0 aromatic heterocycles. The fourth-order valence-electron chi connectivity index (χ4n) is 5.58. The van der Waals surface area contributed by atoms with Crippen LogP contribution in [0.25, 0.3) is 0 Å². The maximum absolute atomic E-state index is 13.8. The molecule has 10 heteroatoms. The van der Waals surface area contributed by atoms with Gasteiger partial charge in [-0.05, 0) is 43.5 Å². The van der Waals surface area contributed by atoms with Crippen molar-refractivity contribution in [2.45, 2.75) is 61.7 Å². The summed E-state index contributed by atoms with van der Waals surface area (Å²) < 4.78 is 6.41. The lowest BCUT2D eigenvalue weighted by atomic mass is 9.70. The molecule has 3 saturated heterocycles. The number of nitrogens with zero attached hydrogens (tertiary/aromatic N) is 1. The molecule has 3 aliphatic heterocycles. The van der Waals surface area contributed by atoms with E-state index in [1.54, 1.807) is 24.3 Å². The zero-order chi connectivity index (χ0) is 23.9. The van der Waals surface area contributed by atoms with E-state index in [-0.39, 0.29) is 23.2 Å². The van der Waals surface area contributed by atoms with Crippen molar-refractivity contribution in [1.82, 2.24) is 10.2 Å². The molecule has 7 atom stereocenters. The number of halogens is 2. The number of amides is 3. The van der Waals surface area contributed by atoms with E-state index >= 15 is 0 Å². The van der Waals surface area contributed by atoms with E-state index in [1.165, 1.54) is 4.90 Å². The number of rotatable bonds is 8. The van der Waals surface area contributed by atoms with Crippen molar-refractivity contribution in [3.63, 3.8) is 0 Å². The summed E-state index contributed by atoms with van der Waals surface area (Å²) >= 11 is 9.60. The number of hydrogen-bond acceptors (Lipinski definition) is 5. The number of hydrogen-bond donors (Lipinski definition) is 3. The minimum absolute atomic E-state index is 0.168. The second-order valence-corrected chi connectivity index (χ2v) is 10.6. The summed E-state index contributed by atoms with van der Waals surface area (Å²) in [5.74, 6) is -2.44. The van der Waals surface area contributed by atoms with E-state index in [0.717, 1.165) is 6.42 Å². The smallest absolute Gasteiger partial charge is 0.250 e. The van der Waals surface area contributed by atoms with Gasteiger partial charge in [0.1, 0.15) is 11.6 Å². The molecular formula is C23H29BrClN3O5. The number of aliphatic hydroxyl groups excluding tert-OH is 1. The molecule has 3 N–H and O–H groups in total. The Morgan fingerprint density at radius 1 is 1.30 bits per heavy atom. The van der Waals surface area contributed by atoms with Gasteiger partial charge in [0.25, 0.3) is 0 Å². The molecule has 8 nitrogen and oxygen atoms in total. The van der Waals surface area contributed by atoms with Crippen LogP contribution in [-0.2, 0) is 19.1 Å². The molecule has 33 heavy (non-hydrogen) atoms. The van der Waals surface area contributed by atoms with Crippen molar-refractivity contribution in [3.8, 4) is 0 Å². The van der Waals surface area contributed by atoms with Crippen LogP contribution in [0.3, 0.4) is 0 Å². The van der Waals surface area contributed by atoms with Crippen molar-refractivity contribution in [1.29, 1.82) is 0 Å². The Morgan fingerprint density at radius 2 is 2.00 bits per heavy atom. The summed E-state index contributed by atoms with van der Waals surface area (Å²) in [4.78, 5) is 41.8. The minimum atomic E-state index is -1.15. The number of fused-ring (bicyclic) bond motifs is 1. The van der Waals surface area contributed by atoms with Crippen molar-refractivity contribution >= 4 is 50.9 Å². The molecule has 1 aromatic carbocycles. The van der Waals surface area contributed by atoms with Gasteiger partial charge in [0.15, 0.2) is 0 Å². The van der Waals surface area contributed by atoms with Crippen LogP contribution in [0.4, 0.5) is 5.69 Å². The maximum atomic E-state index is 13.8. The number of benzene rings is 1. The lowest BCUT2D eigenvalue weighted by molar-refractivity contribution is -0.144. The van der Waals surface area contributed by atoms with Crippen LogP contribution in [0, 0.1) is 11.8 Å². The largest absolute Gasteiger partial charge is 0.394 e. The van der Waals surface area contributed by atoms with E-state index in [1.807, 2.05) is 13.8 Å². The highest BCUT2D eigenvalue weighted by atomic mass is 79.9. The topological polar surface area (TPSA) is 108 Å². The van der Waals surface area contributed by atoms with Gasteiger partial charge in [0.05, 0.1) is 30.6 Å². The predicted octanol–water partition coefficient (Wildman–Crippen LogP) is 2.32. The summed E-state index contributed by atoms with van der Waals surface area (Å²) in [5.41, 5.74) is -0.614. The molecule has 0 aliphatic carbocycles. The quantitative estimate of drug-likeness (QED) is 0.437. The number of carbonyl (C=O) groups excluding carboxylic acids is 3. The van der Waals surface area contributed by atoms with Gasteiger partial charge in [-0.1, -0.05) is 41.4 Å². The number of aliphatic hydroxyl groups is 1. The molecule has 3 fully saturated rings. The average molecular weight is 543 g/mol. The minimum Gasteiger partial charge on any atom is -0.394 e. The Balaban J connectivity index is 1.73. The molecule has 0 radical (unpaired) electrons. The van der Waals surface area contributed by atoms with E-state index < -0.39 is 41.5 Å². The fourth-order valence-corrected chi connectivity index (χ4v) is 6.65. The van der Waals surface area contributed by atoms with E-state index in [9.17, 15) is 19.5 Å². The third-order valence-corrected chi connectivity index (χ3v) is 8.11. The first-order valence-corrected chi connectivity index (χ1v) is 12.7. The van der Waals surface area contributed by atoms with Crippen molar-refractivity contribution in [3.05, 3.63) is 29.3 Å². The molecule has 4 rings (SSSR count). The molecule has 3 amide bonds. The normalized spacial score (nSPS) is 33.2. The third kappa shape index (κ3) is 3.96. The number of carbonyl (C=O) groups is 3. The fraction of sp³-hybridized carbons (Fsp3) is 0.609. The van der Waals surface area contributed by atoms with Gasteiger partial charge in [-0.2, -0.15) is 0 Å². The van der Waals surface area contributed by atoms with Crippen LogP contribution in [0.1, 0.15) is 33.1 Å². The van der Waals surface area contributed by atoms with Gasteiger partial charge < -0.3 is 25.4 Å². The average Bonchev–Trinajstić information content (AvgIpc) is 3.38. The first-order chi connectivity index (χ1) is 15.8. The Labute approximate surface area is 206 Å². The Kier molecular flexibility index (Phi) is 7.05. The van der Waals surface area contributed by atoms with Gasteiger partial charge >= 0.3 is 0 Å². The first-order valence-electron chi connectivity index (χ1n) is 11.4. The van der Waals surface area contributed by atoms with E-state index in [4.69, 9.17) is 16.3 Å². The molecule has 2 bridgehead atoms. The van der Waals surface area contributed by atoms with Gasteiger partial charge in [0, 0.05) is 22.1 Å².